The lowest BCUT2D eigenvalue weighted by Gasteiger charge is -2.21. The van der Waals surface area contributed by atoms with Crippen LogP contribution >= 0.6 is 0 Å². The molecule has 0 saturated heterocycles. The Balaban J connectivity index is 1.75. The zero-order chi connectivity index (χ0) is 18.8. The number of nitrogen functional groups attached to an aromatic ring is 1. The highest BCUT2D eigenvalue weighted by Gasteiger charge is 2.30. The third-order valence-corrected chi connectivity index (χ3v) is 4.25. The molecule has 2 aromatic carbocycles. The molecule has 0 spiro atoms. The first-order chi connectivity index (χ1) is 12.4. The number of hydrogen-bond donors (Lipinski definition) is 1. The number of fused-ring (bicyclic) bond motifs is 1. The minimum atomic E-state index is -1.05. The van der Waals surface area contributed by atoms with Crippen molar-refractivity contribution in [1.29, 1.82) is 0 Å². The number of benzene rings is 2. The third kappa shape index (κ3) is 3.21. The number of esters is 1. The van der Waals surface area contributed by atoms with Crippen LogP contribution in [0.25, 0.3) is 0 Å². The second-order valence-corrected chi connectivity index (χ2v) is 5.94. The number of rotatable bonds is 4. The van der Waals surface area contributed by atoms with Gasteiger partial charge in [-0.15, -0.1) is 0 Å². The normalized spacial score (nSPS) is 13.8. The van der Waals surface area contributed by atoms with Crippen LogP contribution in [0.1, 0.15) is 22.8 Å². The molecule has 8 nitrogen and oxygen atoms in total. The van der Waals surface area contributed by atoms with E-state index in [-0.39, 0.29) is 22.8 Å². The van der Waals surface area contributed by atoms with E-state index in [1.807, 2.05) is 24.3 Å². The van der Waals surface area contributed by atoms with Gasteiger partial charge in [0.1, 0.15) is 0 Å². The number of carbonyl (C=O) groups excluding carboxylic acids is 2. The Kier molecular flexibility index (Phi) is 4.57. The lowest BCUT2D eigenvalue weighted by Crippen LogP contribution is -2.39. The summed E-state index contributed by atoms with van der Waals surface area (Å²) in [5.74, 6) is -1.23. The van der Waals surface area contributed by atoms with Crippen molar-refractivity contribution in [3.63, 3.8) is 0 Å². The fourth-order valence-electron chi connectivity index (χ4n) is 2.90. The molecule has 0 aliphatic carbocycles. The molecule has 1 atom stereocenters. The predicted octanol–water partition coefficient (Wildman–Crippen LogP) is 2.31. The van der Waals surface area contributed by atoms with Gasteiger partial charge in [0, 0.05) is 30.1 Å². The second-order valence-electron chi connectivity index (χ2n) is 5.94. The average Bonchev–Trinajstić information content (AvgIpc) is 3.05. The summed E-state index contributed by atoms with van der Waals surface area (Å²) in [6, 6.07) is 11.0. The molecule has 8 heteroatoms. The molecule has 1 heterocycles. The van der Waals surface area contributed by atoms with E-state index in [2.05, 4.69) is 0 Å². The number of nitrogens with zero attached hydrogens (tertiary/aromatic N) is 2. The lowest BCUT2D eigenvalue weighted by atomic mass is 10.1. The topological polar surface area (TPSA) is 116 Å². The van der Waals surface area contributed by atoms with Crippen molar-refractivity contribution in [2.45, 2.75) is 19.4 Å². The van der Waals surface area contributed by atoms with Crippen LogP contribution in [0.2, 0.25) is 0 Å². The molecule has 0 aromatic heterocycles. The van der Waals surface area contributed by atoms with Crippen molar-refractivity contribution in [3.05, 3.63) is 63.7 Å². The highest BCUT2D eigenvalue weighted by Crippen LogP contribution is 2.28. The smallest absolute Gasteiger partial charge is 0.341 e. The molecule has 0 unspecified atom stereocenters. The van der Waals surface area contributed by atoms with E-state index in [0.717, 1.165) is 23.7 Å². The molecular weight excluding hydrogens is 338 g/mol. The summed E-state index contributed by atoms with van der Waals surface area (Å²) in [6.07, 6.45) is -0.312. The monoisotopic (exact) mass is 355 g/mol. The molecule has 134 valence electrons. The Bertz CT molecular complexity index is 896. The van der Waals surface area contributed by atoms with E-state index < -0.39 is 17.0 Å². The van der Waals surface area contributed by atoms with Gasteiger partial charge in [0.05, 0.1) is 10.5 Å². The Hall–Kier alpha value is -3.42. The minimum Gasteiger partial charge on any atom is -0.449 e. The number of ether oxygens (including phenoxy) is 1. The molecule has 0 fully saturated rings. The fraction of sp³-hybridized carbons (Fsp3) is 0.222. The highest BCUT2D eigenvalue weighted by molar-refractivity contribution is 6.01. The van der Waals surface area contributed by atoms with Crippen LogP contribution < -0.4 is 10.6 Å². The maximum atomic E-state index is 12.6. The number of carbonyl (C=O) groups is 2. The van der Waals surface area contributed by atoms with E-state index in [4.69, 9.17) is 10.5 Å². The molecule has 2 N–H and O–H groups in total. The number of nitro groups is 1. The zero-order valence-electron chi connectivity index (χ0n) is 14.0. The summed E-state index contributed by atoms with van der Waals surface area (Å²) in [7, 11) is 0. The summed E-state index contributed by atoms with van der Waals surface area (Å²) in [5.41, 5.74) is 7.20. The summed E-state index contributed by atoms with van der Waals surface area (Å²) < 4.78 is 5.21. The SMILES string of the molecule is C[C@H](OC(=O)c1cc([N+](=O)[O-])ccc1N)C(=O)N1CCc2ccccc21. The quantitative estimate of drug-likeness (QED) is 0.389. The van der Waals surface area contributed by atoms with Gasteiger partial charge in [-0.3, -0.25) is 14.9 Å². The Morgan fingerprint density at radius 3 is 2.73 bits per heavy atom. The Morgan fingerprint density at radius 1 is 1.27 bits per heavy atom. The fourth-order valence-corrected chi connectivity index (χ4v) is 2.90. The summed E-state index contributed by atoms with van der Waals surface area (Å²) >= 11 is 0. The molecule has 0 radical (unpaired) electrons. The first kappa shape index (κ1) is 17.4. The van der Waals surface area contributed by atoms with Gasteiger partial charge >= 0.3 is 5.97 Å². The summed E-state index contributed by atoms with van der Waals surface area (Å²) in [4.78, 5) is 36.8. The average molecular weight is 355 g/mol. The third-order valence-electron chi connectivity index (χ3n) is 4.25. The highest BCUT2D eigenvalue weighted by atomic mass is 16.6. The largest absolute Gasteiger partial charge is 0.449 e. The molecule has 0 saturated carbocycles. The molecule has 26 heavy (non-hydrogen) atoms. The number of anilines is 2. The molecule has 3 rings (SSSR count). The van der Waals surface area contributed by atoms with Crippen molar-refractivity contribution in [3.8, 4) is 0 Å². The van der Waals surface area contributed by atoms with Gasteiger partial charge in [0.2, 0.25) is 0 Å². The van der Waals surface area contributed by atoms with Crippen LogP contribution in [0.15, 0.2) is 42.5 Å². The number of amides is 1. The number of nitro benzene ring substituents is 1. The molecule has 1 aliphatic heterocycles. The number of non-ortho nitro benzene ring substituents is 1. The van der Waals surface area contributed by atoms with Gasteiger partial charge in [-0.1, -0.05) is 18.2 Å². The van der Waals surface area contributed by atoms with Gasteiger partial charge < -0.3 is 15.4 Å². The van der Waals surface area contributed by atoms with Crippen molar-refractivity contribution in [2.75, 3.05) is 17.2 Å². The van der Waals surface area contributed by atoms with Crippen LogP contribution in [-0.4, -0.2) is 29.4 Å². The molecule has 1 amide bonds. The lowest BCUT2D eigenvalue weighted by molar-refractivity contribution is -0.384. The molecule has 2 aromatic rings. The van der Waals surface area contributed by atoms with Gasteiger partial charge in [-0.05, 0) is 31.0 Å². The van der Waals surface area contributed by atoms with Crippen LogP contribution in [0, 0.1) is 10.1 Å². The van der Waals surface area contributed by atoms with Crippen LogP contribution in [0.5, 0.6) is 0 Å². The van der Waals surface area contributed by atoms with E-state index in [1.54, 1.807) is 4.90 Å². The Labute approximate surface area is 149 Å². The molecule has 1 aliphatic rings. The molecule has 0 bridgehead atoms. The van der Waals surface area contributed by atoms with Gasteiger partial charge in [0.25, 0.3) is 11.6 Å². The number of hydrogen-bond acceptors (Lipinski definition) is 6. The van der Waals surface area contributed by atoms with E-state index >= 15 is 0 Å². The van der Waals surface area contributed by atoms with Crippen molar-refractivity contribution in [1.82, 2.24) is 0 Å². The van der Waals surface area contributed by atoms with Crippen LogP contribution in [-0.2, 0) is 16.0 Å². The number of para-hydroxylation sites is 1. The van der Waals surface area contributed by atoms with Gasteiger partial charge in [-0.25, -0.2) is 4.79 Å². The first-order valence-corrected chi connectivity index (χ1v) is 8.02. The van der Waals surface area contributed by atoms with E-state index in [9.17, 15) is 19.7 Å². The standard InChI is InChI=1S/C18H17N3O5/c1-11(17(22)20-9-8-12-4-2-3-5-16(12)20)26-18(23)14-10-13(21(24)25)6-7-15(14)19/h2-7,10-11H,8-9,19H2,1H3/t11-/m0/s1. The maximum absolute atomic E-state index is 12.6. The zero-order valence-corrected chi connectivity index (χ0v) is 14.0. The van der Waals surface area contributed by atoms with Crippen molar-refractivity contribution < 1.29 is 19.2 Å². The van der Waals surface area contributed by atoms with Gasteiger partial charge in [-0.2, -0.15) is 0 Å². The minimum absolute atomic E-state index is 0.0479. The van der Waals surface area contributed by atoms with Crippen molar-refractivity contribution >= 4 is 28.9 Å². The summed E-state index contributed by atoms with van der Waals surface area (Å²) in [6.45, 7) is 1.98. The Morgan fingerprint density at radius 2 is 2.00 bits per heavy atom. The van der Waals surface area contributed by atoms with Crippen molar-refractivity contribution in [2.24, 2.45) is 0 Å². The molecular formula is C18H17N3O5. The van der Waals surface area contributed by atoms with E-state index in [1.165, 1.54) is 19.1 Å². The second kappa shape index (κ2) is 6.83. The predicted molar refractivity (Wildman–Crippen MR) is 94.9 cm³/mol. The van der Waals surface area contributed by atoms with Crippen LogP contribution in [0.3, 0.4) is 0 Å². The van der Waals surface area contributed by atoms with E-state index in [0.29, 0.717) is 6.54 Å². The maximum Gasteiger partial charge on any atom is 0.341 e. The van der Waals surface area contributed by atoms with Gasteiger partial charge in [0.15, 0.2) is 6.10 Å². The van der Waals surface area contributed by atoms with Crippen LogP contribution in [0.4, 0.5) is 17.1 Å². The first-order valence-electron chi connectivity index (χ1n) is 8.02. The summed E-state index contributed by atoms with van der Waals surface area (Å²) in [5, 5.41) is 10.9. The number of nitrogens with two attached hydrogens (primary N) is 1.